The standard InChI is InChI=1S/2C6H13B/c1-5(2)6(3,4)7;1-4-5-6(2,3)7/h5H,1-4H3;4-5H2,1-3H3. The quantitative estimate of drug-likeness (QED) is 0.588. The minimum atomic E-state index is 0.000000000000000222. The fourth-order valence-corrected chi connectivity index (χ4v) is 0.644. The van der Waals surface area contributed by atoms with Gasteiger partial charge in [0.2, 0.25) is 0 Å². The van der Waals surface area contributed by atoms with Gasteiger partial charge in [-0.1, -0.05) is 71.9 Å². The zero-order chi connectivity index (χ0) is 12.0. The summed E-state index contributed by atoms with van der Waals surface area (Å²) in [6.07, 6.45) is 2.30. The van der Waals surface area contributed by atoms with E-state index in [4.69, 9.17) is 15.7 Å². The Morgan fingerprint density at radius 1 is 1.00 bits per heavy atom. The van der Waals surface area contributed by atoms with Crippen LogP contribution in [0.25, 0.3) is 0 Å². The molecule has 0 unspecified atom stereocenters. The van der Waals surface area contributed by atoms with Crippen LogP contribution in [0.3, 0.4) is 0 Å². The molecule has 4 radical (unpaired) electrons. The molecule has 0 nitrogen and oxygen atoms in total. The maximum atomic E-state index is 5.68. The van der Waals surface area contributed by atoms with Crippen molar-refractivity contribution in [1.29, 1.82) is 0 Å². The van der Waals surface area contributed by atoms with Crippen LogP contribution < -0.4 is 0 Å². The molecule has 0 rings (SSSR count). The fraction of sp³-hybridized carbons (Fsp3) is 1.00. The average Bonchev–Trinajstić information content (AvgIpc) is 1.82. The van der Waals surface area contributed by atoms with Gasteiger partial charge in [0.15, 0.2) is 0 Å². The van der Waals surface area contributed by atoms with Gasteiger partial charge in [-0.2, -0.15) is 0 Å². The summed E-state index contributed by atoms with van der Waals surface area (Å²) in [5.74, 6) is 0.576. The maximum Gasteiger partial charge on any atom is 0.0742 e. The Hall–Kier alpha value is 0.130. The first-order valence-electron chi connectivity index (χ1n) is 5.58. The van der Waals surface area contributed by atoms with Crippen molar-refractivity contribution in [2.24, 2.45) is 5.92 Å². The predicted octanol–water partition coefficient (Wildman–Crippen LogP) is 4.16. The Balaban J connectivity index is 0. The van der Waals surface area contributed by atoms with E-state index in [1.165, 1.54) is 6.42 Å². The summed E-state index contributed by atoms with van der Waals surface area (Å²) in [6.45, 7) is 14.6. The Kier molecular flexibility index (Phi) is 7.79. The zero-order valence-electron chi connectivity index (χ0n) is 11.1. The lowest BCUT2D eigenvalue weighted by atomic mass is 9.65. The highest BCUT2D eigenvalue weighted by atomic mass is 14.1. The summed E-state index contributed by atoms with van der Waals surface area (Å²) in [7, 11) is 11.3. The second-order valence-corrected chi connectivity index (χ2v) is 5.71. The summed E-state index contributed by atoms with van der Waals surface area (Å²) in [4.78, 5) is 0. The van der Waals surface area contributed by atoms with Crippen molar-refractivity contribution in [2.45, 2.75) is 71.9 Å². The van der Waals surface area contributed by atoms with Crippen LogP contribution in [0.5, 0.6) is 0 Å². The van der Waals surface area contributed by atoms with Crippen molar-refractivity contribution in [1.82, 2.24) is 0 Å². The molecule has 80 valence electrons. The normalized spacial score (nSPS) is 12.3. The first-order chi connectivity index (χ1) is 6.00. The molecule has 2 heteroatoms. The molecule has 0 spiro atoms. The van der Waals surface area contributed by atoms with Crippen LogP contribution in [-0.4, -0.2) is 15.7 Å². The molecule has 0 saturated heterocycles. The van der Waals surface area contributed by atoms with E-state index in [1.54, 1.807) is 0 Å². The molecule has 0 heterocycles. The summed E-state index contributed by atoms with van der Waals surface area (Å²) >= 11 is 0. The minimum absolute atomic E-state index is 0.000000000000000222. The van der Waals surface area contributed by atoms with Gasteiger partial charge in [-0.25, -0.2) is 0 Å². The van der Waals surface area contributed by atoms with Gasteiger partial charge in [-0.3, -0.25) is 0 Å². The number of hydrogen-bond acceptors (Lipinski definition) is 0. The fourth-order valence-electron chi connectivity index (χ4n) is 0.644. The third-order valence-corrected chi connectivity index (χ3v) is 2.38. The van der Waals surface area contributed by atoms with E-state index in [1.807, 2.05) is 13.8 Å². The second kappa shape index (κ2) is 6.58. The lowest BCUT2D eigenvalue weighted by molar-refractivity contribution is 0.480. The Morgan fingerprint density at radius 2 is 1.29 bits per heavy atom. The minimum Gasteiger partial charge on any atom is -0.0716 e. The molecule has 0 atom stereocenters. The Labute approximate surface area is 94.1 Å². The van der Waals surface area contributed by atoms with Crippen molar-refractivity contribution in [3.05, 3.63) is 0 Å². The Bertz CT molecular complexity index is 126. The maximum absolute atomic E-state index is 5.68. The van der Waals surface area contributed by atoms with Gasteiger partial charge in [0, 0.05) is 0 Å². The first kappa shape index (κ1) is 16.6. The summed E-state index contributed by atoms with van der Waals surface area (Å²) in [5, 5.41) is 0.0503. The summed E-state index contributed by atoms with van der Waals surface area (Å²) in [5.41, 5.74) is 0. The van der Waals surface area contributed by atoms with Gasteiger partial charge in [0.1, 0.15) is 0 Å². The summed E-state index contributed by atoms with van der Waals surface area (Å²) < 4.78 is 0. The van der Waals surface area contributed by atoms with E-state index < -0.39 is 0 Å². The lowest BCUT2D eigenvalue weighted by Gasteiger charge is -2.23. The van der Waals surface area contributed by atoms with E-state index >= 15 is 0 Å². The summed E-state index contributed by atoms with van der Waals surface area (Å²) in [6, 6.07) is 0. The molecule has 0 bridgehead atoms. The van der Waals surface area contributed by atoms with E-state index in [0.717, 1.165) is 6.42 Å². The van der Waals surface area contributed by atoms with Gasteiger partial charge in [0.05, 0.1) is 15.7 Å². The van der Waals surface area contributed by atoms with E-state index in [9.17, 15) is 0 Å². The van der Waals surface area contributed by atoms with E-state index in [0.29, 0.717) is 5.92 Å². The van der Waals surface area contributed by atoms with E-state index in [2.05, 4.69) is 34.6 Å². The highest BCUT2D eigenvalue weighted by Crippen LogP contribution is 2.28. The van der Waals surface area contributed by atoms with Crippen LogP contribution in [0, 0.1) is 5.92 Å². The van der Waals surface area contributed by atoms with Gasteiger partial charge < -0.3 is 0 Å². The van der Waals surface area contributed by atoms with Crippen molar-refractivity contribution in [3.8, 4) is 0 Å². The molecule has 0 aliphatic rings. The second-order valence-electron chi connectivity index (χ2n) is 5.71. The molecule has 0 aliphatic heterocycles. The van der Waals surface area contributed by atoms with Crippen molar-refractivity contribution < 1.29 is 0 Å². The molecule has 0 aromatic rings. The molecule has 0 fully saturated rings. The third kappa shape index (κ3) is 14.6. The Morgan fingerprint density at radius 3 is 1.29 bits per heavy atom. The van der Waals surface area contributed by atoms with Crippen LogP contribution in [-0.2, 0) is 0 Å². The SMILES string of the molecule is [B]C(C)(C)C(C)C.[B]C(C)(C)CCC. The zero-order valence-corrected chi connectivity index (χ0v) is 11.1. The highest BCUT2D eigenvalue weighted by molar-refractivity contribution is 6.14. The smallest absolute Gasteiger partial charge is 0.0716 e. The van der Waals surface area contributed by atoms with Gasteiger partial charge >= 0.3 is 0 Å². The largest absolute Gasteiger partial charge is 0.0742 e. The van der Waals surface area contributed by atoms with Gasteiger partial charge in [-0.15, -0.1) is 0 Å². The molecular weight excluding hydrogens is 166 g/mol. The van der Waals surface area contributed by atoms with Gasteiger partial charge in [-0.05, 0) is 5.92 Å². The topological polar surface area (TPSA) is 0 Å². The van der Waals surface area contributed by atoms with Crippen LogP contribution in [0.2, 0.25) is 10.6 Å². The molecule has 0 amide bonds. The molecule has 0 saturated carbocycles. The van der Waals surface area contributed by atoms with Crippen LogP contribution in [0.4, 0.5) is 0 Å². The lowest BCUT2D eigenvalue weighted by Crippen LogP contribution is -2.09. The van der Waals surface area contributed by atoms with Crippen LogP contribution >= 0.6 is 0 Å². The molecule has 0 aliphatic carbocycles. The van der Waals surface area contributed by atoms with Crippen LogP contribution in [0.1, 0.15) is 61.3 Å². The third-order valence-electron chi connectivity index (χ3n) is 2.38. The highest BCUT2D eigenvalue weighted by Gasteiger charge is 2.13. The molecule has 0 aromatic carbocycles. The molecule has 0 N–H and O–H groups in total. The molecular formula is C12H26B2. The first-order valence-corrected chi connectivity index (χ1v) is 5.58. The number of hydrogen-bond donors (Lipinski definition) is 0. The molecule has 14 heavy (non-hydrogen) atoms. The van der Waals surface area contributed by atoms with Gasteiger partial charge in [0.25, 0.3) is 0 Å². The number of rotatable bonds is 3. The average molecular weight is 192 g/mol. The van der Waals surface area contributed by atoms with E-state index in [-0.39, 0.29) is 10.6 Å². The predicted molar refractivity (Wildman–Crippen MR) is 69.3 cm³/mol. The van der Waals surface area contributed by atoms with Crippen LogP contribution in [0.15, 0.2) is 0 Å². The monoisotopic (exact) mass is 192 g/mol. The van der Waals surface area contributed by atoms with Crippen molar-refractivity contribution in [3.63, 3.8) is 0 Å². The molecule has 0 aromatic heterocycles. The van der Waals surface area contributed by atoms with Crippen molar-refractivity contribution >= 4 is 15.7 Å². The van der Waals surface area contributed by atoms with Crippen molar-refractivity contribution in [2.75, 3.05) is 0 Å².